The lowest BCUT2D eigenvalue weighted by atomic mass is 10.2. The van der Waals surface area contributed by atoms with E-state index in [9.17, 15) is 13.2 Å². The zero-order valence-corrected chi connectivity index (χ0v) is 18.8. The number of anilines is 1. The van der Waals surface area contributed by atoms with Crippen molar-refractivity contribution in [3.05, 3.63) is 89.2 Å². The van der Waals surface area contributed by atoms with Gasteiger partial charge in [-0.1, -0.05) is 30.3 Å². The Hall–Kier alpha value is -3.65. The van der Waals surface area contributed by atoms with Crippen LogP contribution < -0.4 is 10.0 Å². The minimum Gasteiger partial charge on any atom is -0.342 e. The van der Waals surface area contributed by atoms with Crippen molar-refractivity contribution in [3.63, 3.8) is 0 Å². The lowest BCUT2D eigenvalue weighted by molar-refractivity contribution is 0.0938. The van der Waals surface area contributed by atoms with Crippen molar-refractivity contribution in [2.45, 2.75) is 31.7 Å². The lowest BCUT2D eigenvalue weighted by Crippen LogP contribution is -2.27. The molecule has 32 heavy (non-hydrogen) atoms. The minimum absolute atomic E-state index is 0.214. The van der Waals surface area contributed by atoms with Gasteiger partial charge in [0.15, 0.2) is 0 Å². The zero-order chi connectivity index (χ0) is 22.9. The Morgan fingerprint density at radius 2 is 1.78 bits per heavy atom. The van der Waals surface area contributed by atoms with Gasteiger partial charge in [0.2, 0.25) is 0 Å². The van der Waals surface area contributed by atoms with Gasteiger partial charge in [-0.2, -0.15) is 0 Å². The number of aromatic amines is 1. The van der Waals surface area contributed by atoms with Gasteiger partial charge in [-0.3, -0.25) is 9.52 Å². The van der Waals surface area contributed by atoms with Crippen molar-refractivity contribution in [2.75, 3.05) is 4.72 Å². The molecule has 0 saturated carbocycles. The molecule has 3 aromatic carbocycles. The summed E-state index contributed by atoms with van der Waals surface area (Å²) in [4.78, 5) is 20.7. The number of aryl methyl sites for hydroxylation is 2. The first-order chi connectivity index (χ1) is 15.2. The number of hydrogen-bond acceptors (Lipinski definition) is 4. The summed E-state index contributed by atoms with van der Waals surface area (Å²) in [7, 11) is -3.79. The van der Waals surface area contributed by atoms with E-state index in [-0.39, 0.29) is 16.8 Å². The van der Waals surface area contributed by atoms with Crippen LogP contribution in [0.2, 0.25) is 0 Å². The van der Waals surface area contributed by atoms with Crippen LogP contribution in [-0.2, 0) is 10.0 Å². The maximum atomic E-state index is 12.9. The third-order valence-corrected chi connectivity index (χ3v) is 6.70. The second kappa shape index (κ2) is 8.47. The Morgan fingerprint density at radius 3 is 2.56 bits per heavy atom. The molecule has 0 aliphatic rings. The van der Waals surface area contributed by atoms with Crippen molar-refractivity contribution in [2.24, 2.45) is 0 Å². The van der Waals surface area contributed by atoms with Gasteiger partial charge in [-0.15, -0.1) is 0 Å². The number of nitrogens with one attached hydrogen (secondary N) is 3. The minimum atomic E-state index is -3.79. The predicted octanol–water partition coefficient (Wildman–Crippen LogP) is 4.47. The molecule has 7 nitrogen and oxygen atoms in total. The number of carbonyl (C=O) groups is 1. The van der Waals surface area contributed by atoms with Crippen LogP contribution in [0.25, 0.3) is 11.0 Å². The molecular weight excluding hydrogens is 424 g/mol. The first-order valence-electron chi connectivity index (χ1n) is 10.2. The topological polar surface area (TPSA) is 104 Å². The largest absolute Gasteiger partial charge is 0.342 e. The zero-order valence-electron chi connectivity index (χ0n) is 18.0. The molecule has 0 unspecified atom stereocenters. The molecule has 1 heterocycles. The van der Waals surface area contributed by atoms with Gasteiger partial charge in [0, 0.05) is 11.3 Å². The van der Waals surface area contributed by atoms with E-state index in [1.165, 1.54) is 6.07 Å². The van der Waals surface area contributed by atoms with Crippen LogP contribution in [0.4, 0.5) is 5.69 Å². The van der Waals surface area contributed by atoms with Gasteiger partial charge in [0.1, 0.15) is 5.82 Å². The molecule has 1 amide bonds. The average Bonchev–Trinajstić information content (AvgIpc) is 3.20. The third kappa shape index (κ3) is 4.50. The monoisotopic (exact) mass is 448 g/mol. The summed E-state index contributed by atoms with van der Waals surface area (Å²) < 4.78 is 28.3. The van der Waals surface area contributed by atoms with E-state index in [4.69, 9.17) is 0 Å². The van der Waals surface area contributed by atoms with Crippen LogP contribution in [-0.4, -0.2) is 24.3 Å². The molecule has 3 N–H and O–H groups in total. The number of H-pyrrole nitrogens is 1. The van der Waals surface area contributed by atoms with Gasteiger partial charge in [0.25, 0.3) is 15.9 Å². The standard InChI is InChI=1S/C24H24N4O3S/c1-15-11-12-16(2)22(13-15)32(30,31)28-19-8-6-7-18(14-19)24(29)25-17(3)23-26-20-9-4-5-10-21(20)27-23/h4-14,17,28H,1-3H3,(H,25,29)(H,26,27)/t17-/m0/s1. The first-order valence-corrected chi connectivity index (χ1v) is 11.7. The Morgan fingerprint density at radius 1 is 1.00 bits per heavy atom. The number of rotatable bonds is 6. The summed E-state index contributed by atoms with van der Waals surface area (Å²) >= 11 is 0. The summed E-state index contributed by atoms with van der Waals surface area (Å²) in [5.74, 6) is 0.317. The van der Waals surface area contributed by atoms with E-state index in [0.29, 0.717) is 22.6 Å². The molecule has 1 aromatic heterocycles. The quantitative estimate of drug-likeness (QED) is 0.405. The highest BCUT2D eigenvalue weighted by Gasteiger charge is 2.19. The summed E-state index contributed by atoms with van der Waals surface area (Å²) in [6.45, 7) is 5.42. The third-order valence-electron chi connectivity index (χ3n) is 5.18. The van der Waals surface area contributed by atoms with Crippen molar-refractivity contribution in [1.82, 2.24) is 15.3 Å². The fourth-order valence-corrected chi connectivity index (χ4v) is 4.84. The molecule has 0 spiro atoms. The number of amides is 1. The highest BCUT2D eigenvalue weighted by Crippen LogP contribution is 2.22. The molecule has 0 saturated heterocycles. The van der Waals surface area contributed by atoms with Crippen molar-refractivity contribution >= 4 is 32.7 Å². The van der Waals surface area contributed by atoms with Crippen molar-refractivity contribution in [3.8, 4) is 0 Å². The second-order valence-electron chi connectivity index (χ2n) is 7.79. The summed E-state index contributed by atoms with van der Waals surface area (Å²) in [5.41, 5.74) is 3.88. The normalized spacial score (nSPS) is 12.5. The van der Waals surface area contributed by atoms with Crippen molar-refractivity contribution in [1.29, 1.82) is 0 Å². The molecule has 4 aromatic rings. The Kier molecular flexibility index (Phi) is 5.71. The smallest absolute Gasteiger partial charge is 0.262 e. The summed E-state index contributed by atoms with van der Waals surface area (Å²) in [5, 5.41) is 2.90. The number of para-hydroxylation sites is 2. The molecule has 4 rings (SSSR count). The van der Waals surface area contributed by atoms with Gasteiger partial charge in [-0.05, 0) is 68.3 Å². The number of benzene rings is 3. The molecule has 0 bridgehead atoms. The Balaban J connectivity index is 1.52. The second-order valence-corrected chi connectivity index (χ2v) is 9.44. The Labute approximate surface area is 187 Å². The molecule has 0 fully saturated rings. The van der Waals surface area contributed by atoms with E-state index in [1.807, 2.05) is 44.2 Å². The van der Waals surface area contributed by atoms with E-state index >= 15 is 0 Å². The number of hydrogen-bond donors (Lipinski definition) is 3. The SMILES string of the molecule is Cc1ccc(C)c(S(=O)(=O)Nc2cccc(C(=O)N[C@@H](C)c3nc4ccccc4[nH]3)c2)c1. The van der Waals surface area contributed by atoms with Gasteiger partial charge in [-0.25, -0.2) is 13.4 Å². The number of imidazole rings is 1. The predicted molar refractivity (Wildman–Crippen MR) is 125 cm³/mol. The molecule has 0 aliphatic heterocycles. The van der Waals surface area contributed by atoms with Crippen LogP contribution in [0.1, 0.15) is 40.3 Å². The fourth-order valence-electron chi connectivity index (χ4n) is 3.46. The maximum Gasteiger partial charge on any atom is 0.262 e. The highest BCUT2D eigenvalue weighted by molar-refractivity contribution is 7.92. The van der Waals surface area contributed by atoms with Crippen LogP contribution >= 0.6 is 0 Å². The first kappa shape index (κ1) is 21.6. The number of fused-ring (bicyclic) bond motifs is 1. The van der Waals surface area contributed by atoms with E-state index in [2.05, 4.69) is 20.0 Å². The molecule has 0 radical (unpaired) electrons. The number of carbonyl (C=O) groups excluding carboxylic acids is 1. The van der Waals surface area contributed by atoms with Crippen LogP contribution in [0.15, 0.2) is 71.6 Å². The molecule has 1 atom stereocenters. The lowest BCUT2D eigenvalue weighted by Gasteiger charge is -2.14. The number of sulfonamides is 1. The molecule has 8 heteroatoms. The number of nitrogens with zero attached hydrogens (tertiary/aromatic N) is 1. The van der Waals surface area contributed by atoms with E-state index in [1.54, 1.807) is 37.3 Å². The van der Waals surface area contributed by atoms with Crippen molar-refractivity contribution < 1.29 is 13.2 Å². The highest BCUT2D eigenvalue weighted by atomic mass is 32.2. The van der Waals surface area contributed by atoms with E-state index < -0.39 is 10.0 Å². The molecule has 0 aliphatic carbocycles. The van der Waals surface area contributed by atoms with E-state index in [0.717, 1.165) is 16.6 Å². The van der Waals surface area contributed by atoms with Gasteiger partial charge >= 0.3 is 0 Å². The summed E-state index contributed by atoms with van der Waals surface area (Å²) in [6.07, 6.45) is 0. The summed E-state index contributed by atoms with van der Waals surface area (Å²) in [6, 6.07) is 19.0. The molecule has 164 valence electrons. The van der Waals surface area contributed by atoms with Gasteiger partial charge < -0.3 is 10.3 Å². The average molecular weight is 449 g/mol. The fraction of sp³-hybridized carbons (Fsp3) is 0.167. The van der Waals surface area contributed by atoms with Crippen LogP contribution in [0, 0.1) is 13.8 Å². The van der Waals surface area contributed by atoms with Crippen LogP contribution in [0.5, 0.6) is 0 Å². The molecular formula is C24H24N4O3S. The van der Waals surface area contributed by atoms with Gasteiger partial charge in [0.05, 0.1) is 22.0 Å². The van der Waals surface area contributed by atoms with Crippen LogP contribution in [0.3, 0.4) is 0 Å². The Bertz CT molecular complexity index is 1380. The number of aromatic nitrogens is 2. The maximum absolute atomic E-state index is 12.9.